The largest absolute Gasteiger partial charge is 0.373 e. The lowest BCUT2D eigenvalue weighted by Crippen LogP contribution is -2.25. The fourth-order valence-electron chi connectivity index (χ4n) is 2.49. The van der Waals surface area contributed by atoms with Crippen LogP contribution in [0.2, 0.25) is 5.02 Å². The second kappa shape index (κ2) is 7.79. The van der Waals surface area contributed by atoms with E-state index in [1.165, 1.54) is 0 Å². The fraction of sp³-hybridized carbons (Fsp3) is 0.211. The molecule has 124 valence electrons. The van der Waals surface area contributed by atoms with E-state index >= 15 is 0 Å². The molecule has 2 atom stereocenters. The van der Waals surface area contributed by atoms with Crippen LogP contribution in [-0.2, 0) is 6.42 Å². The molecule has 2 unspecified atom stereocenters. The van der Waals surface area contributed by atoms with E-state index in [4.69, 9.17) is 11.6 Å². The van der Waals surface area contributed by atoms with Gasteiger partial charge >= 0.3 is 0 Å². The van der Waals surface area contributed by atoms with Gasteiger partial charge < -0.3 is 10.4 Å². The Morgan fingerprint density at radius 2 is 1.96 bits per heavy atom. The predicted molar refractivity (Wildman–Crippen MR) is 101 cm³/mol. The van der Waals surface area contributed by atoms with Crippen LogP contribution in [0.5, 0.6) is 0 Å². The van der Waals surface area contributed by atoms with Crippen molar-refractivity contribution >= 4 is 28.1 Å². The fourth-order valence-corrected chi connectivity index (χ4v) is 3.59. The highest BCUT2D eigenvalue weighted by Gasteiger charge is 2.17. The minimum Gasteiger partial charge on any atom is -0.373 e. The first-order chi connectivity index (χ1) is 11.6. The number of hydrogen-bond acceptors (Lipinski definition) is 4. The molecule has 3 rings (SSSR count). The molecule has 2 N–H and O–H groups in total. The molecule has 0 fully saturated rings. The molecule has 0 saturated carbocycles. The van der Waals surface area contributed by atoms with Crippen molar-refractivity contribution < 1.29 is 5.11 Å². The summed E-state index contributed by atoms with van der Waals surface area (Å²) in [5.41, 5.74) is 2.24. The van der Waals surface area contributed by atoms with Crippen LogP contribution >= 0.6 is 22.9 Å². The SMILES string of the molecule is CC(c1ccccc1)C(O)Nc1ncc(Cc2cccc(Cl)c2)s1. The van der Waals surface area contributed by atoms with Crippen molar-refractivity contribution in [1.82, 2.24) is 4.98 Å². The summed E-state index contributed by atoms with van der Waals surface area (Å²) in [6.45, 7) is 1.99. The van der Waals surface area contributed by atoms with Gasteiger partial charge in [0.25, 0.3) is 0 Å². The second-order valence-electron chi connectivity index (χ2n) is 5.73. The second-order valence-corrected chi connectivity index (χ2v) is 7.28. The van der Waals surface area contributed by atoms with Crippen molar-refractivity contribution in [3.8, 4) is 0 Å². The Labute approximate surface area is 151 Å². The Morgan fingerprint density at radius 3 is 2.71 bits per heavy atom. The molecule has 0 saturated heterocycles. The molecule has 0 radical (unpaired) electrons. The molecule has 3 nitrogen and oxygen atoms in total. The minimum absolute atomic E-state index is 0.0218. The lowest BCUT2D eigenvalue weighted by Gasteiger charge is -2.19. The molecule has 24 heavy (non-hydrogen) atoms. The van der Waals surface area contributed by atoms with Gasteiger partial charge in [0.1, 0.15) is 6.23 Å². The van der Waals surface area contributed by atoms with Crippen molar-refractivity contribution in [2.75, 3.05) is 5.32 Å². The molecule has 1 heterocycles. The van der Waals surface area contributed by atoms with Crippen LogP contribution in [0.15, 0.2) is 60.8 Å². The molecule has 1 aromatic heterocycles. The average molecular weight is 359 g/mol. The molecule has 0 aliphatic carbocycles. The smallest absolute Gasteiger partial charge is 0.184 e. The highest BCUT2D eigenvalue weighted by molar-refractivity contribution is 7.15. The zero-order valence-electron chi connectivity index (χ0n) is 13.3. The van der Waals surface area contributed by atoms with Crippen LogP contribution in [0.4, 0.5) is 5.13 Å². The lowest BCUT2D eigenvalue weighted by atomic mass is 10.00. The lowest BCUT2D eigenvalue weighted by molar-refractivity contribution is 0.177. The Bertz CT molecular complexity index is 791. The third kappa shape index (κ3) is 4.35. The summed E-state index contributed by atoms with van der Waals surface area (Å²) >= 11 is 7.57. The van der Waals surface area contributed by atoms with Crippen LogP contribution in [0.25, 0.3) is 0 Å². The molecule has 2 aromatic carbocycles. The highest BCUT2D eigenvalue weighted by atomic mass is 35.5. The van der Waals surface area contributed by atoms with Crippen molar-refractivity contribution in [3.63, 3.8) is 0 Å². The van der Waals surface area contributed by atoms with E-state index in [0.29, 0.717) is 0 Å². The quantitative estimate of drug-likeness (QED) is 0.614. The van der Waals surface area contributed by atoms with Crippen LogP contribution in [0.3, 0.4) is 0 Å². The van der Waals surface area contributed by atoms with E-state index in [2.05, 4.69) is 10.3 Å². The number of aliphatic hydroxyl groups is 1. The van der Waals surface area contributed by atoms with Gasteiger partial charge in [-0.25, -0.2) is 4.98 Å². The van der Waals surface area contributed by atoms with Crippen molar-refractivity contribution in [3.05, 3.63) is 81.8 Å². The maximum absolute atomic E-state index is 10.4. The predicted octanol–water partition coefficient (Wildman–Crippen LogP) is 4.92. The van der Waals surface area contributed by atoms with Gasteiger partial charge in [0.2, 0.25) is 0 Å². The summed E-state index contributed by atoms with van der Waals surface area (Å²) in [5, 5.41) is 15.0. The number of thiazole rings is 1. The zero-order chi connectivity index (χ0) is 16.9. The van der Waals surface area contributed by atoms with E-state index in [1.54, 1.807) is 11.3 Å². The summed E-state index contributed by atoms with van der Waals surface area (Å²) < 4.78 is 0. The molecule has 0 amide bonds. The summed E-state index contributed by atoms with van der Waals surface area (Å²) in [6, 6.07) is 17.8. The van der Waals surface area contributed by atoms with Crippen LogP contribution < -0.4 is 5.32 Å². The first kappa shape index (κ1) is 17.0. The number of halogens is 1. The molecule has 0 bridgehead atoms. The van der Waals surface area contributed by atoms with E-state index in [9.17, 15) is 5.11 Å². The summed E-state index contributed by atoms with van der Waals surface area (Å²) in [4.78, 5) is 5.49. The highest BCUT2D eigenvalue weighted by Crippen LogP contribution is 2.25. The van der Waals surface area contributed by atoms with Gasteiger partial charge in [-0.2, -0.15) is 0 Å². The van der Waals surface area contributed by atoms with E-state index in [-0.39, 0.29) is 5.92 Å². The van der Waals surface area contributed by atoms with Gasteiger partial charge in [-0.1, -0.05) is 61.0 Å². The number of aromatic nitrogens is 1. The van der Waals surface area contributed by atoms with Gasteiger partial charge in [-0.05, 0) is 23.3 Å². The van der Waals surface area contributed by atoms with Gasteiger partial charge in [-0.3, -0.25) is 0 Å². The van der Waals surface area contributed by atoms with Crippen molar-refractivity contribution in [1.29, 1.82) is 0 Å². The summed E-state index contributed by atoms with van der Waals surface area (Å²) in [6.07, 6.45) is 1.94. The summed E-state index contributed by atoms with van der Waals surface area (Å²) in [5.74, 6) is -0.0218. The summed E-state index contributed by atoms with van der Waals surface area (Å²) in [7, 11) is 0. The van der Waals surface area contributed by atoms with Crippen LogP contribution in [0.1, 0.15) is 28.8 Å². The number of anilines is 1. The molecule has 5 heteroatoms. The Kier molecular flexibility index (Phi) is 5.51. The Balaban J connectivity index is 1.63. The average Bonchev–Trinajstić information content (AvgIpc) is 3.02. The maximum Gasteiger partial charge on any atom is 0.184 e. The normalized spacial score (nSPS) is 13.5. The van der Waals surface area contributed by atoms with E-state index in [1.807, 2.05) is 67.7 Å². The number of rotatable bonds is 6. The van der Waals surface area contributed by atoms with Gasteiger partial charge in [-0.15, -0.1) is 11.3 Å². The van der Waals surface area contributed by atoms with E-state index in [0.717, 1.165) is 32.6 Å². The maximum atomic E-state index is 10.4. The van der Waals surface area contributed by atoms with Gasteiger partial charge in [0.15, 0.2) is 5.13 Å². The topological polar surface area (TPSA) is 45.1 Å². The molecule has 0 aliphatic rings. The van der Waals surface area contributed by atoms with Crippen LogP contribution in [-0.4, -0.2) is 16.3 Å². The molecule has 3 aromatic rings. The zero-order valence-corrected chi connectivity index (χ0v) is 14.9. The molecular formula is C19H19ClN2OS. The Morgan fingerprint density at radius 1 is 1.17 bits per heavy atom. The molecule has 0 spiro atoms. The number of hydrogen-bond donors (Lipinski definition) is 2. The van der Waals surface area contributed by atoms with Gasteiger partial charge in [0.05, 0.1) is 0 Å². The minimum atomic E-state index is -0.683. The molecule has 0 aliphatic heterocycles. The number of benzene rings is 2. The standard InChI is InChI=1S/C19H19ClN2OS/c1-13(15-7-3-2-4-8-15)18(23)22-19-21-12-17(24-19)11-14-6-5-9-16(20)10-14/h2-10,12-13,18,23H,11H2,1H3,(H,21,22). The van der Waals surface area contributed by atoms with E-state index < -0.39 is 6.23 Å². The first-order valence-electron chi connectivity index (χ1n) is 7.80. The van der Waals surface area contributed by atoms with Gasteiger partial charge in [0, 0.05) is 28.4 Å². The number of aliphatic hydroxyl groups excluding tert-OH is 1. The van der Waals surface area contributed by atoms with Crippen LogP contribution in [0, 0.1) is 0 Å². The third-order valence-corrected chi connectivity index (χ3v) is 5.05. The molecular weight excluding hydrogens is 340 g/mol. The first-order valence-corrected chi connectivity index (χ1v) is 9.00. The third-order valence-electron chi connectivity index (χ3n) is 3.89. The monoisotopic (exact) mass is 358 g/mol. The Hall–Kier alpha value is -1.88. The van der Waals surface area contributed by atoms with Crippen molar-refractivity contribution in [2.45, 2.75) is 25.5 Å². The van der Waals surface area contributed by atoms with Crippen molar-refractivity contribution in [2.24, 2.45) is 0 Å². The number of nitrogens with one attached hydrogen (secondary N) is 1. The number of nitrogens with zero attached hydrogens (tertiary/aromatic N) is 1.